The van der Waals surface area contributed by atoms with Gasteiger partial charge in [-0.25, -0.2) is 0 Å². The zero-order valence-electron chi connectivity index (χ0n) is 13.7. The summed E-state index contributed by atoms with van der Waals surface area (Å²) in [5.41, 5.74) is 3.85. The lowest BCUT2D eigenvalue weighted by Gasteiger charge is -2.49. The second-order valence-corrected chi connectivity index (χ2v) is 8.22. The van der Waals surface area contributed by atoms with E-state index in [1.54, 1.807) is 18.2 Å². The SMILES string of the molecule is COc1ccc2c(c1)CC[C@@H]1[C@@H]2CC[C@]2(C)C[C@@H](C)C[C@@H]12. The minimum atomic E-state index is 0.643. The van der Waals surface area contributed by atoms with Gasteiger partial charge in [0.15, 0.2) is 0 Å². The van der Waals surface area contributed by atoms with E-state index in [4.69, 9.17) is 4.74 Å². The van der Waals surface area contributed by atoms with E-state index in [0.717, 1.165) is 29.4 Å². The van der Waals surface area contributed by atoms with Crippen LogP contribution >= 0.6 is 0 Å². The van der Waals surface area contributed by atoms with E-state index in [0.29, 0.717) is 5.41 Å². The monoisotopic (exact) mass is 284 g/mol. The van der Waals surface area contributed by atoms with Gasteiger partial charge in [0.25, 0.3) is 0 Å². The van der Waals surface area contributed by atoms with Crippen LogP contribution in [0.1, 0.15) is 63.0 Å². The molecule has 0 aromatic heterocycles. The molecule has 5 atom stereocenters. The van der Waals surface area contributed by atoms with Gasteiger partial charge in [-0.2, -0.15) is 0 Å². The van der Waals surface area contributed by atoms with Crippen LogP contribution in [0.25, 0.3) is 0 Å². The van der Waals surface area contributed by atoms with Gasteiger partial charge in [0.1, 0.15) is 5.75 Å². The predicted molar refractivity (Wildman–Crippen MR) is 86.8 cm³/mol. The van der Waals surface area contributed by atoms with Gasteiger partial charge in [0, 0.05) is 0 Å². The van der Waals surface area contributed by atoms with Crippen molar-refractivity contribution in [1.29, 1.82) is 0 Å². The Morgan fingerprint density at radius 1 is 1.24 bits per heavy atom. The molecule has 0 unspecified atom stereocenters. The fourth-order valence-electron chi connectivity index (χ4n) is 6.11. The van der Waals surface area contributed by atoms with Crippen LogP contribution in [0.3, 0.4) is 0 Å². The Bertz CT molecular complexity index is 549. The number of aryl methyl sites for hydroxylation is 1. The Morgan fingerprint density at radius 3 is 2.90 bits per heavy atom. The van der Waals surface area contributed by atoms with Crippen LogP contribution in [0.5, 0.6) is 5.75 Å². The maximum atomic E-state index is 5.42. The first-order valence-corrected chi connectivity index (χ1v) is 8.77. The molecule has 0 N–H and O–H groups in total. The van der Waals surface area contributed by atoms with Gasteiger partial charge >= 0.3 is 0 Å². The largest absolute Gasteiger partial charge is 0.497 e. The summed E-state index contributed by atoms with van der Waals surface area (Å²) in [6.45, 7) is 5.06. The average molecular weight is 284 g/mol. The Morgan fingerprint density at radius 2 is 2.10 bits per heavy atom. The van der Waals surface area contributed by atoms with E-state index in [2.05, 4.69) is 32.0 Å². The molecule has 3 aliphatic rings. The third-order valence-corrected chi connectivity index (χ3v) is 6.92. The molecule has 2 saturated carbocycles. The minimum absolute atomic E-state index is 0.643. The van der Waals surface area contributed by atoms with Crippen molar-refractivity contribution in [2.45, 2.75) is 58.3 Å². The topological polar surface area (TPSA) is 9.23 Å². The van der Waals surface area contributed by atoms with E-state index in [1.807, 2.05) is 0 Å². The molecular weight excluding hydrogens is 256 g/mol. The van der Waals surface area contributed by atoms with Crippen molar-refractivity contribution in [3.8, 4) is 5.75 Å². The zero-order valence-corrected chi connectivity index (χ0v) is 13.7. The van der Waals surface area contributed by atoms with Crippen LogP contribution in [0.4, 0.5) is 0 Å². The van der Waals surface area contributed by atoms with E-state index < -0.39 is 0 Å². The van der Waals surface area contributed by atoms with Gasteiger partial charge < -0.3 is 4.74 Å². The molecule has 2 fully saturated rings. The maximum absolute atomic E-state index is 5.42. The molecule has 3 aliphatic carbocycles. The van der Waals surface area contributed by atoms with Crippen LogP contribution in [0.15, 0.2) is 18.2 Å². The molecule has 0 saturated heterocycles. The summed E-state index contributed by atoms with van der Waals surface area (Å²) in [6, 6.07) is 6.83. The summed E-state index contributed by atoms with van der Waals surface area (Å²) in [5.74, 6) is 4.71. The van der Waals surface area contributed by atoms with E-state index in [9.17, 15) is 0 Å². The minimum Gasteiger partial charge on any atom is -0.497 e. The highest BCUT2D eigenvalue weighted by Crippen LogP contribution is 2.62. The van der Waals surface area contributed by atoms with Crippen LogP contribution in [-0.4, -0.2) is 7.11 Å². The van der Waals surface area contributed by atoms with Gasteiger partial charge in [-0.05, 0) is 90.9 Å². The molecule has 21 heavy (non-hydrogen) atoms. The number of methoxy groups -OCH3 is 1. The number of fused-ring (bicyclic) bond motifs is 5. The highest BCUT2D eigenvalue weighted by molar-refractivity contribution is 5.40. The van der Waals surface area contributed by atoms with Crippen LogP contribution in [0, 0.1) is 23.2 Å². The van der Waals surface area contributed by atoms with Crippen molar-refractivity contribution in [1.82, 2.24) is 0 Å². The van der Waals surface area contributed by atoms with Crippen molar-refractivity contribution in [2.75, 3.05) is 7.11 Å². The molecule has 0 amide bonds. The molecule has 114 valence electrons. The van der Waals surface area contributed by atoms with E-state index >= 15 is 0 Å². The van der Waals surface area contributed by atoms with Crippen molar-refractivity contribution in [3.05, 3.63) is 29.3 Å². The fraction of sp³-hybridized carbons (Fsp3) is 0.700. The molecule has 0 aliphatic heterocycles. The summed E-state index contributed by atoms with van der Waals surface area (Å²) in [4.78, 5) is 0. The van der Waals surface area contributed by atoms with Gasteiger partial charge in [0.2, 0.25) is 0 Å². The molecule has 4 rings (SSSR count). The maximum Gasteiger partial charge on any atom is 0.119 e. The molecule has 1 aromatic carbocycles. The number of rotatable bonds is 1. The van der Waals surface area contributed by atoms with E-state index in [1.165, 1.54) is 38.5 Å². The molecule has 0 heterocycles. The highest BCUT2D eigenvalue weighted by atomic mass is 16.5. The molecule has 0 radical (unpaired) electrons. The van der Waals surface area contributed by atoms with E-state index in [-0.39, 0.29) is 0 Å². The summed E-state index contributed by atoms with van der Waals surface area (Å²) in [7, 11) is 1.78. The van der Waals surface area contributed by atoms with Crippen molar-refractivity contribution >= 4 is 0 Å². The summed E-state index contributed by atoms with van der Waals surface area (Å²) in [6.07, 6.45) is 8.45. The zero-order chi connectivity index (χ0) is 14.6. The smallest absolute Gasteiger partial charge is 0.119 e. The fourth-order valence-corrected chi connectivity index (χ4v) is 6.11. The Balaban J connectivity index is 1.68. The van der Waals surface area contributed by atoms with Gasteiger partial charge in [-0.1, -0.05) is 19.9 Å². The molecule has 1 nitrogen and oxygen atoms in total. The summed E-state index contributed by atoms with van der Waals surface area (Å²) in [5, 5.41) is 0. The second kappa shape index (κ2) is 4.76. The molecule has 1 aromatic rings. The molecule has 0 bridgehead atoms. The second-order valence-electron chi connectivity index (χ2n) is 8.22. The van der Waals surface area contributed by atoms with Gasteiger partial charge in [0.05, 0.1) is 7.11 Å². The lowest BCUT2D eigenvalue weighted by atomic mass is 9.56. The Labute approximate surface area is 129 Å². The lowest BCUT2D eigenvalue weighted by molar-refractivity contribution is 0.0598. The summed E-state index contributed by atoms with van der Waals surface area (Å²) >= 11 is 0. The normalized spacial score (nSPS) is 41.1. The molecule has 0 spiro atoms. The average Bonchev–Trinajstić information content (AvgIpc) is 2.80. The number of hydrogen-bond acceptors (Lipinski definition) is 1. The quantitative estimate of drug-likeness (QED) is 0.690. The first kappa shape index (κ1) is 13.7. The summed E-state index contributed by atoms with van der Waals surface area (Å²) < 4.78 is 5.42. The number of ether oxygens (including phenoxy) is 1. The predicted octanol–water partition coefficient (Wildman–Crippen LogP) is 5.19. The third kappa shape index (κ3) is 2.04. The van der Waals surface area contributed by atoms with Gasteiger partial charge in [-0.15, -0.1) is 0 Å². The Kier molecular flexibility index (Phi) is 3.10. The Hall–Kier alpha value is -0.980. The molecule has 1 heteroatoms. The van der Waals surface area contributed by atoms with Crippen molar-refractivity contribution < 1.29 is 4.74 Å². The first-order chi connectivity index (χ1) is 10.1. The van der Waals surface area contributed by atoms with Crippen LogP contribution in [-0.2, 0) is 6.42 Å². The lowest BCUT2D eigenvalue weighted by Crippen LogP contribution is -2.39. The number of benzene rings is 1. The van der Waals surface area contributed by atoms with Gasteiger partial charge in [-0.3, -0.25) is 0 Å². The van der Waals surface area contributed by atoms with Crippen molar-refractivity contribution in [2.24, 2.45) is 23.2 Å². The first-order valence-electron chi connectivity index (χ1n) is 8.77. The van der Waals surface area contributed by atoms with Crippen molar-refractivity contribution in [3.63, 3.8) is 0 Å². The highest BCUT2D eigenvalue weighted by Gasteiger charge is 2.51. The standard InChI is InChI=1S/C20H28O/c1-13-10-19-18-6-4-14-11-15(21-3)5-7-16(14)17(18)8-9-20(19,2)12-13/h5,7,11,13,17-19H,4,6,8-10,12H2,1-3H3/t13-,17+,18+,19-,20+/m0/s1. The van der Waals surface area contributed by atoms with Crippen LogP contribution < -0.4 is 4.74 Å². The molecular formula is C20H28O. The third-order valence-electron chi connectivity index (χ3n) is 6.92. The number of hydrogen-bond donors (Lipinski definition) is 0. The van der Waals surface area contributed by atoms with Crippen LogP contribution in [0.2, 0.25) is 0 Å².